The Hall–Kier alpha value is -1.42. The van der Waals surface area contributed by atoms with Gasteiger partial charge in [0, 0.05) is 19.3 Å². The van der Waals surface area contributed by atoms with Crippen molar-refractivity contribution >= 4 is 5.97 Å². The Morgan fingerprint density at radius 1 is 1.30 bits per heavy atom. The lowest BCUT2D eigenvalue weighted by molar-refractivity contribution is 0.0677. The van der Waals surface area contributed by atoms with Crippen LogP contribution >= 0.6 is 0 Å². The van der Waals surface area contributed by atoms with Crippen LogP contribution in [0.5, 0.6) is 0 Å². The molecule has 2 fully saturated rings. The fourth-order valence-corrected chi connectivity index (χ4v) is 3.82. The Kier molecular flexibility index (Phi) is 4.01. The van der Waals surface area contributed by atoms with E-state index in [1.165, 1.54) is 32.1 Å². The van der Waals surface area contributed by atoms with Gasteiger partial charge in [0.25, 0.3) is 0 Å². The summed E-state index contributed by atoms with van der Waals surface area (Å²) in [5, 5.41) is 9.20. The molecule has 4 nitrogen and oxygen atoms in total. The fourth-order valence-electron chi connectivity index (χ4n) is 3.82. The van der Waals surface area contributed by atoms with Crippen molar-refractivity contribution in [2.75, 3.05) is 13.1 Å². The van der Waals surface area contributed by atoms with Gasteiger partial charge in [-0.25, -0.2) is 9.78 Å². The molecule has 3 rings (SSSR count). The van der Waals surface area contributed by atoms with Crippen LogP contribution in [0.4, 0.5) is 0 Å². The number of aromatic nitrogens is 1. The number of likely N-dealkylation sites (tertiary alicyclic amines) is 1. The molecule has 108 valence electrons. The molecule has 0 radical (unpaired) electrons. The molecule has 1 aliphatic heterocycles. The average molecular weight is 274 g/mol. The second-order valence-electron chi connectivity index (χ2n) is 6.14. The number of rotatable bonds is 3. The number of carboxylic acids is 1. The molecule has 1 N–H and O–H groups in total. The zero-order chi connectivity index (χ0) is 13.9. The van der Waals surface area contributed by atoms with Crippen molar-refractivity contribution in [2.45, 2.75) is 38.6 Å². The molecule has 2 heterocycles. The maximum absolute atomic E-state index is 11.2. The van der Waals surface area contributed by atoms with Gasteiger partial charge < -0.3 is 5.11 Å². The third kappa shape index (κ3) is 2.85. The normalized spacial score (nSPS) is 27.0. The molecule has 4 heteroatoms. The first-order chi connectivity index (χ1) is 9.74. The van der Waals surface area contributed by atoms with Crippen LogP contribution in [-0.4, -0.2) is 34.0 Å². The summed E-state index contributed by atoms with van der Waals surface area (Å²) in [6.45, 7) is 2.94. The molecule has 1 aliphatic carbocycles. The summed E-state index contributed by atoms with van der Waals surface area (Å²) < 4.78 is 0. The zero-order valence-corrected chi connectivity index (χ0v) is 11.8. The van der Waals surface area contributed by atoms with E-state index in [2.05, 4.69) is 9.88 Å². The molecule has 0 amide bonds. The molecular formula is C16H22N2O2. The van der Waals surface area contributed by atoms with Crippen LogP contribution in [0.1, 0.15) is 48.2 Å². The molecule has 1 saturated carbocycles. The van der Waals surface area contributed by atoms with Gasteiger partial charge in [-0.3, -0.25) is 4.90 Å². The Bertz CT molecular complexity index is 489. The van der Waals surface area contributed by atoms with Crippen LogP contribution in [0.2, 0.25) is 0 Å². The fraction of sp³-hybridized carbons (Fsp3) is 0.625. The Balaban J connectivity index is 1.68. The highest BCUT2D eigenvalue weighted by atomic mass is 16.4. The molecule has 0 aromatic carbocycles. The van der Waals surface area contributed by atoms with Crippen molar-refractivity contribution < 1.29 is 9.90 Å². The summed E-state index contributed by atoms with van der Waals surface area (Å²) in [5.74, 6) is 0.809. The van der Waals surface area contributed by atoms with Crippen molar-refractivity contribution in [2.24, 2.45) is 11.8 Å². The predicted molar refractivity (Wildman–Crippen MR) is 76.5 cm³/mol. The summed E-state index contributed by atoms with van der Waals surface area (Å²) in [6.07, 6.45) is 8.33. The molecule has 1 aromatic rings. The van der Waals surface area contributed by atoms with E-state index in [0.29, 0.717) is 0 Å². The number of hydrogen-bond donors (Lipinski definition) is 1. The van der Waals surface area contributed by atoms with Gasteiger partial charge in [0.1, 0.15) is 0 Å². The molecule has 2 atom stereocenters. The molecule has 2 aliphatic rings. The zero-order valence-electron chi connectivity index (χ0n) is 11.8. The van der Waals surface area contributed by atoms with Gasteiger partial charge in [0.05, 0.1) is 0 Å². The van der Waals surface area contributed by atoms with E-state index in [1.807, 2.05) is 12.1 Å². The first kappa shape index (κ1) is 13.6. The van der Waals surface area contributed by atoms with E-state index < -0.39 is 5.97 Å². The number of nitrogens with zero attached hydrogens (tertiary/aromatic N) is 2. The Labute approximate surface area is 119 Å². The molecule has 1 aromatic heterocycles. The van der Waals surface area contributed by atoms with Crippen LogP contribution in [-0.2, 0) is 6.54 Å². The van der Waals surface area contributed by atoms with Gasteiger partial charge >= 0.3 is 5.97 Å². The number of carbonyl (C=O) groups is 1. The number of carboxylic acid groups (broad SMARTS) is 1. The van der Waals surface area contributed by atoms with Crippen molar-refractivity contribution in [1.82, 2.24) is 9.88 Å². The second kappa shape index (κ2) is 5.92. The molecule has 2 unspecified atom stereocenters. The van der Waals surface area contributed by atoms with Gasteiger partial charge in [-0.05, 0) is 42.9 Å². The molecule has 1 saturated heterocycles. The summed E-state index contributed by atoms with van der Waals surface area (Å²) in [7, 11) is 0. The SMILES string of the molecule is O=C(O)c1ncccc1CN1CCC2CCCCC2C1. The van der Waals surface area contributed by atoms with Crippen LogP contribution < -0.4 is 0 Å². The second-order valence-corrected chi connectivity index (χ2v) is 6.14. The summed E-state index contributed by atoms with van der Waals surface area (Å²) in [4.78, 5) is 17.6. The minimum absolute atomic E-state index is 0.207. The van der Waals surface area contributed by atoms with Crippen LogP contribution in [0, 0.1) is 11.8 Å². The topological polar surface area (TPSA) is 53.4 Å². The van der Waals surface area contributed by atoms with Gasteiger partial charge in [-0.2, -0.15) is 0 Å². The number of aromatic carboxylic acids is 1. The molecule has 20 heavy (non-hydrogen) atoms. The first-order valence-corrected chi connectivity index (χ1v) is 7.63. The van der Waals surface area contributed by atoms with E-state index in [4.69, 9.17) is 0 Å². The van der Waals surface area contributed by atoms with Crippen molar-refractivity contribution in [3.8, 4) is 0 Å². The van der Waals surface area contributed by atoms with Crippen molar-refractivity contribution in [3.63, 3.8) is 0 Å². The summed E-state index contributed by atoms with van der Waals surface area (Å²) in [5.41, 5.74) is 1.05. The maximum atomic E-state index is 11.2. The minimum Gasteiger partial charge on any atom is -0.477 e. The highest BCUT2D eigenvalue weighted by Gasteiger charge is 2.31. The third-order valence-electron chi connectivity index (χ3n) is 4.86. The third-order valence-corrected chi connectivity index (χ3v) is 4.86. The van der Waals surface area contributed by atoms with Gasteiger partial charge in [-0.1, -0.05) is 25.3 Å². The van der Waals surface area contributed by atoms with E-state index in [1.54, 1.807) is 6.20 Å². The lowest BCUT2D eigenvalue weighted by Crippen LogP contribution is -2.41. The van der Waals surface area contributed by atoms with Crippen LogP contribution in [0.3, 0.4) is 0 Å². The standard InChI is InChI=1S/C16H22N2O2/c19-16(20)15-14(6-3-8-17-15)11-18-9-7-12-4-1-2-5-13(12)10-18/h3,6,8,12-13H,1-2,4-5,7,9-11H2,(H,19,20). The number of pyridine rings is 1. The lowest BCUT2D eigenvalue weighted by Gasteiger charge is -2.41. The summed E-state index contributed by atoms with van der Waals surface area (Å²) >= 11 is 0. The lowest BCUT2D eigenvalue weighted by atomic mass is 9.75. The predicted octanol–water partition coefficient (Wildman–Crippen LogP) is 2.79. The highest BCUT2D eigenvalue weighted by molar-refractivity contribution is 5.86. The minimum atomic E-state index is -0.923. The number of piperidine rings is 1. The van der Waals surface area contributed by atoms with Gasteiger partial charge in [-0.15, -0.1) is 0 Å². The molecule has 0 bridgehead atoms. The van der Waals surface area contributed by atoms with E-state index in [0.717, 1.165) is 37.0 Å². The maximum Gasteiger partial charge on any atom is 0.354 e. The smallest absolute Gasteiger partial charge is 0.354 e. The number of hydrogen-bond acceptors (Lipinski definition) is 3. The molecule has 0 spiro atoms. The van der Waals surface area contributed by atoms with Gasteiger partial charge in [0.2, 0.25) is 0 Å². The van der Waals surface area contributed by atoms with Crippen molar-refractivity contribution in [1.29, 1.82) is 0 Å². The quantitative estimate of drug-likeness (QED) is 0.921. The van der Waals surface area contributed by atoms with Crippen LogP contribution in [0.15, 0.2) is 18.3 Å². The van der Waals surface area contributed by atoms with Gasteiger partial charge in [0.15, 0.2) is 5.69 Å². The monoisotopic (exact) mass is 274 g/mol. The van der Waals surface area contributed by atoms with E-state index in [-0.39, 0.29) is 5.69 Å². The first-order valence-electron chi connectivity index (χ1n) is 7.63. The number of fused-ring (bicyclic) bond motifs is 1. The van der Waals surface area contributed by atoms with Crippen molar-refractivity contribution in [3.05, 3.63) is 29.6 Å². The average Bonchev–Trinajstić information content (AvgIpc) is 2.47. The molecular weight excluding hydrogens is 252 g/mol. The van der Waals surface area contributed by atoms with E-state index >= 15 is 0 Å². The highest BCUT2D eigenvalue weighted by Crippen LogP contribution is 2.36. The van der Waals surface area contributed by atoms with E-state index in [9.17, 15) is 9.90 Å². The summed E-state index contributed by atoms with van der Waals surface area (Å²) in [6, 6.07) is 3.72. The largest absolute Gasteiger partial charge is 0.477 e. The van der Waals surface area contributed by atoms with Crippen LogP contribution in [0.25, 0.3) is 0 Å². The Morgan fingerprint density at radius 2 is 2.10 bits per heavy atom. The Morgan fingerprint density at radius 3 is 2.90 bits per heavy atom.